The van der Waals surface area contributed by atoms with Gasteiger partial charge in [-0.1, -0.05) is 13.0 Å². The summed E-state index contributed by atoms with van der Waals surface area (Å²) < 4.78 is 0. The number of hydrogen-bond donors (Lipinski definition) is 4. The molecular weight excluding hydrogens is 288 g/mol. The summed E-state index contributed by atoms with van der Waals surface area (Å²) in [5, 5.41) is 20.4. The highest BCUT2D eigenvalue weighted by atomic mass is 16.4. The molecule has 1 aromatic carbocycles. The first-order valence-corrected chi connectivity index (χ1v) is 6.95. The van der Waals surface area contributed by atoms with Crippen LogP contribution in [0.3, 0.4) is 0 Å². The molecule has 0 heterocycles. The van der Waals surface area contributed by atoms with E-state index in [4.69, 9.17) is 15.9 Å². The lowest BCUT2D eigenvalue weighted by Crippen LogP contribution is -2.32. The van der Waals surface area contributed by atoms with E-state index < -0.39 is 18.0 Å². The molecule has 0 bridgehead atoms. The number of amides is 1. The first kappa shape index (κ1) is 17.6. The zero-order chi connectivity index (χ0) is 16.7. The third kappa shape index (κ3) is 5.53. The summed E-state index contributed by atoms with van der Waals surface area (Å²) in [7, 11) is 0. The van der Waals surface area contributed by atoms with E-state index in [2.05, 4.69) is 5.32 Å². The van der Waals surface area contributed by atoms with Crippen LogP contribution >= 0.6 is 0 Å². The summed E-state index contributed by atoms with van der Waals surface area (Å²) in [5.41, 5.74) is 7.43. The van der Waals surface area contributed by atoms with E-state index in [9.17, 15) is 14.4 Å². The fraction of sp³-hybridized carbons (Fsp3) is 0.400. The van der Waals surface area contributed by atoms with Crippen molar-refractivity contribution in [1.82, 2.24) is 0 Å². The SMILES string of the molecule is CCC(=O)Nc1ccc(C[C@H](N)C(=O)O)c(CCC(=O)O)c1. The molecule has 22 heavy (non-hydrogen) atoms. The molecule has 120 valence electrons. The average Bonchev–Trinajstić information content (AvgIpc) is 2.46. The lowest BCUT2D eigenvalue weighted by molar-refractivity contribution is -0.139. The summed E-state index contributed by atoms with van der Waals surface area (Å²) >= 11 is 0. The molecule has 0 aliphatic rings. The van der Waals surface area contributed by atoms with Crippen molar-refractivity contribution in [2.24, 2.45) is 5.73 Å². The zero-order valence-corrected chi connectivity index (χ0v) is 12.3. The molecule has 0 radical (unpaired) electrons. The second-order valence-corrected chi connectivity index (χ2v) is 4.93. The number of nitrogens with two attached hydrogens (primary N) is 1. The molecule has 1 aromatic rings. The van der Waals surface area contributed by atoms with Crippen LogP contribution in [0.1, 0.15) is 30.9 Å². The lowest BCUT2D eigenvalue weighted by Gasteiger charge is -2.14. The standard InChI is InChI=1S/C15H20N2O5/c1-2-13(18)17-11-5-3-10(8-12(16)15(21)22)9(7-11)4-6-14(19)20/h3,5,7,12H,2,4,6,8,16H2,1H3,(H,17,18)(H,19,20)(H,21,22)/t12-/m0/s1. The van der Waals surface area contributed by atoms with Crippen LogP contribution < -0.4 is 11.1 Å². The first-order valence-electron chi connectivity index (χ1n) is 6.95. The van der Waals surface area contributed by atoms with Gasteiger partial charge in [0, 0.05) is 18.5 Å². The Hall–Kier alpha value is -2.41. The third-order valence-electron chi connectivity index (χ3n) is 3.18. The van der Waals surface area contributed by atoms with Crippen LogP contribution in [0.15, 0.2) is 18.2 Å². The van der Waals surface area contributed by atoms with E-state index in [1.807, 2.05) is 0 Å². The highest BCUT2D eigenvalue weighted by molar-refractivity contribution is 5.90. The number of carboxylic acid groups (broad SMARTS) is 2. The van der Waals surface area contributed by atoms with Crippen LogP contribution in [-0.2, 0) is 27.2 Å². The average molecular weight is 308 g/mol. The Kier molecular flexibility index (Phi) is 6.52. The summed E-state index contributed by atoms with van der Waals surface area (Å²) in [6.45, 7) is 1.72. The van der Waals surface area contributed by atoms with Crippen molar-refractivity contribution in [1.29, 1.82) is 0 Å². The van der Waals surface area contributed by atoms with E-state index in [1.54, 1.807) is 25.1 Å². The summed E-state index contributed by atoms with van der Waals surface area (Å²) in [6.07, 6.45) is 0.593. The number of nitrogens with one attached hydrogen (secondary N) is 1. The predicted molar refractivity (Wildman–Crippen MR) is 80.6 cm³/mol. The molecule has 7 heteroatoms. The number of carbonyl (C=O) groups excluding carboxylic acids is 1. The number of carboxylic acids is 2. The van der Waals surface area contributed by atoms with Gasteiger partial charge in [-0.15, -0.1) is 0 Å². The summed E-state index contributed by atoms with van der Waals surface area (Å²) in [5.74, 6) is -2.22. The van der Waals surface area contributed by atoms with Crippen LogP contribution in [0.4, 0.5) is 5.69 Å². The number of aryl methyl sites for hydroxylation is 1. The number of anilines is 1. The second kappa shape index (κ2) is 8.14. The number of carbonyl (C=O) groups is 3. The molecule has 0 spiro atoms. The Bertz CT molecular complexity index is 571. The fourth-order valence-electron chi connectivity index (χ4n) is 1.95. The van der Waals surface area contributed by atoms with Gasteiger partial charge in [-0.05, 0) is 36.1 Å². The Labute approximate surface area is 128 Å². The molecule has 1 amide bonds. The van der Waals surface area contributed by atoms with E-state index in [-0.39, 0.29) is 25.2 Å². The van der Waals surface area contributed by atoms with E-state index in [0.29, 0.717) is 23.2 Å². The van der Waals surface area contributed by atoms with Gasteiger partial charge < -0.3 is 21.3 Å². The van der Waals surface area contributed by atoms with Gasteiger partial charge in [0.05, 0.1) is 0 Å². The molecule has 0 unspecified atom stereocenters. The van der Waals surface area contributed by atoms with Crippen molar-refractivity contribution in [2.45, 2.75) is 38.6 Å². The maximum Gasteiger partial charge on any atom is 0.320 e. The van der Waals surface area contributed by atoms with Crippen molar-refractivity contribution in [3.63, 3.8) is 0 Å². The smallest absolute Gasteiger partial charge is 0.320 e. The minimum absolute atomic E-state index is 0.0829. The molecule has 7 nitrogen and oxygen atoms in total. The molecule has 0 aliphatic carbocycles. The number of benzene rings is 1. The number of hydrogen-bond acceptors (Lipinski definition) is 4. The van der Waals surface area contributed by atoms with Gasteiger partial charge in [0.1, 0.15) is 6.04 Å². The van der Waals surface area contributed by atoms with Gasteiger partial charge in [0.15, 0.2) is 0 Å². The molecule has 0 saturated heterocycles. The molecule has 1 atom stereocenters. The van der Waals surface area contributed by atoms with Gasteiger partial charge in [-0.2, -0.15) is 0 Å². The Morgan fingerprint density at radius 3 is 2.45 bits per heavy atom. The largest absolute Gasteiger partial charge is 0.481 e. The molecule has 0 aliphatic heterocycles. The van der Waals surface area contributed by atoms with Crippen LogP contribution in [0.2, 0.25) is 0 Å². The minimum Gasteiger partial charge on any atom is -0.481 e. The first-order chi connectivity index (χ1) is 10.3. The van der Waals surface area contributed by atoms with Gasteiger partial charge >= 0.3 is 11.9 Å². The number of aliphatic carboxylic acids is 2. The maximum absolute atomic E-state index is 11.4. The normalized spacial score (nSPS) is 11.7. The van der Waals surface area contributed by atoms with Crippen LogP contribution in [0.5, 0.6) is 0 Å². The van der Waals surface area contributed by atoms with Crippen LogP contribution in [0.25, 0.3) is 0 Å². The topological polar surface area (TPSA) is 130 Å². The van der Waals surface area contributed by atoms with E-state index >= 15 is 0 Å². The van der Waals surface area contributed by atoms with E-state index in [0.717, 1.165) is 0 Å². The van der Waals surface area contributed by atoms with Gasteiger partial charge in [0.25, 0.3) is 0 Å². The Morgan fingerprint density at radius 1 is 1.23 bits per heavy atom. The molecule has 1 rings (SSSR count). The monoisotopic (exact) mass is 308 g/mol. The van der Waals surface area contributed by atoms with Gasteiger partial charge in [-0.25, -0.2) is 0 Å². The van der Waals surface area contributed by atoms with Crippen molar-refractivity contribution >= 4 is 23.5 Å². The second-order valence-electron chi connectivity index (χ2n) is 4.93. The number of rotatable bonds is 8. The van der Waals surface area contributed by atoms with Crippen LogP contribution in [0, 0.1) is 0 Å². The van der Waals surface area contributed by atoms with Gasteiger partial charge in [-0.3, -0.25) is 14.4 Å². The molecule has 0 fully saturated rings. The molecule has 0 aromatic heterocycles. The fourth-order valence-corrected chi connectivity index (χ4v) is 1.95. The Balaban J connectivity index is 3.00. The highest BCUT2D eigenvalue weighted by Crippen LogP contribution is 2.19. The van der Waals surface area contributed by atoms with Crippen molar-refractivity contribution in [2.75, 3.05) is 5.32 Å². The molecule has 5 N–H and O–H groups in total. The van der Waals surface area contributed by atoms with E-state index in [1.165, 1.54) is 0 Å². The summed E-state index contributed by atoms with van der Waals surface area (Å²) in [6, 6.07) is 3.94. The minimum atomic E-state index is -1.12. The lowest BCUT2D eigenvalue weighted by atomic mass is 9.96. The Morgan fingerprint density at radius 2 is 1.91 bits per heavy atom. The molecular formula is C15H20N2O5. The zero-order valence-electron chi connectivity index (χ0n) is 12.3. The quantitative estimate of drug-likeness (QED) is 0.567. The van der Waals surface area contributed by atoms with Crippen LogP contribution in [-0.4, -0.2) is 34.1 Å². The molecule has 0 saturated carbocycles. The van der Waals surface area contributed by atoms with Crippen molar-refractivity contribution in [3.05, 3.63) is 29.3 Å². The van der Waals surface area contributed by atoms with Gasteiger partial charge in [0.2, 0.25) is 5.91 Å². The van der Waals surface area contributed by atoms with Crippen molar-refractivity contribution in [3.8, 4) is 0 Å². The summed E-state index contributed by atoms with van der Waals surface area (Å²) in [4.78, 5) is 33.0. The highest BCUT2D eigenvalue weighted by Gasteiger charge is 2.15. The maximum atomic E-state index is 11.4. The predicted octanol–water partition coefficient (Wildman–Crippen LogP) is 1.01. The third-order valence-corrected chi connectivity index (χ3v) is 3.18. The van der Waals surface area contributed by atoms with Crippen molar-refractivity contribution < 1.29 is 24.6 Å².